The van der Waals surface area contributed by atoms with E-state index in [0.29, 0.717) is 26.2 Å². The summed E-state index contributed by atoms with van der Waals surface area (Å²) in [7, 11) is 1.78. The molecule has 0 spiro atoms. The van der Waals surface area contributed by atoms with Crippen molar-refractivity contribution in [1.29, 1.82) is 0 Å². The second-order valence-corrected chi connectivity index (χ2v) is 4.40. The number of amides is 1. The maximum absolute atomic E-state index is 11.7. The molecule has 0 radical (unpaired) electrons. The fraction of sp³-hybridized carbons (Fsp3) is 0.400. The summed E-state index contributed by atoms with van der Waals surface area (Å²) < 4.78 is 5.60. The molecule has 0 heterocycles. The van der Waals surface area contributed by atoms with Gasteiger partial charge in [-0.3, -0.25) is 4.79 Å². The molecule has 0 bridgehead atoms. The number of ether oxygens (including phenoxy) is 1. The van der Waals surface area contributed by atoms with Crippen molar-refractivity contribution in [3.05, 3.63) is 42.5 Å². The molecule has 1 N–H and O–H groups in total. The minimum atomic E-state index is 0.0506. The summed E-state index contributed by atoms with van der Waals surface area (Å²) in [4.78, 5) is 13.3. The molecule has 1 amide bonds. The van der Waals surface area contributed by atoms with Crippen LogP contribution in [0.2, 0.25) is 0 Å². The van der Waals surface area contributed by atoms with Crippen LogP contribution in [0.5, 0.6) is 5.75 Å². The smallest absolute Gasteiger partial charge is 0.236 e. The van der Waals surface area contributed by atoms with Crippen LogP contribution in [-0.2, 0) is 4.79 Å². The first-order valence-electron chi connectivity index (χ1n) is 6.38. The van der Waals surface area contributed by atoms with E-state index in [-0.39, 0.29) is 5.91 Å². The van der Waals surface area contributed by atoms with Crippen LogP contribution in [0.3, 0.4) is 0 Å². The van der Waals surface area contributed by atoms with Crippen molar-refractivity contribution in [3.63, 3.8) is 0 Å². The van der Waals surface area contributed by atoms with E-state index in [1.165, 1.54) is 0 Å². The molecule has 0 aromatic heterocycles. The molecule has 4 heteroatoms. The number of carbonyl (C=O) groups is 1. The van der Waals surface area contributed by atoms with Gasteiger partial charge >= 0.3 is 0 Å². The van der Waals surface area contributed by atoms with E-state index in [2.05, 4.69) is 11.9 Å². The van der Waals surface area contributed by atoms with Gasteiger partial charge in [0, 0.05) is 13.6 Å². The molecular formula is C15H22N2O2. The van der Waals surface area contributed by atoms with Gasteiger partial charge in [0.2, 0.25) is 5.91 Å². The highest BCUT2D eigenvalue weighted by atomic mass is 16.5. The number of hydrogen-bond acceptors (Lipinski definition) is 3. The first-order valence-corrected chi connectivity index (χ1v) is 6.38. The lowest BCUT2D eigenvalue weighted by Crippen LogP contribution is -2.37. The Morgan fingerprint density at radius 1 is 1.53 bits per heavy atom. The third-order valence-corrected chi connectivity index (χ3v) is 2.68. The molecule has 0 unspecified atom stereocenters. The number of hydrogen-bond donors (Lipinski definition) is 1. The Morgan fingerprint density at radius 3 is 3.00 bits per heavy atom. The third kappa shape index (κ3) is 6.06. The molecule has 1 aromatic rings. The zero-order valence-electron chi connectivity index (χ0n) is 11.7. The van der Waals surface area contributed by atoms with Gasteiger partial charge in [-0.1, -0.05) is 18.2 Å². The summed E-state index contributed by atoms with van der Waals surface area (Å²) in [5.41, 5.74) is 1.16. The van der Waals surface area contributed by atoms with Crippen LogP contribution in [0.1, 0.15) is 5.56 Å². The van der Waals surface area contributed by atoms with Gasteiger partial charge in [-0.15, -0.1) is 6.58 Å². The Balaban J connectivity index is 2.24. The molecule has 0 saturated carbocycles. The molecule has 0 aliphatic heterocycles. The average Bonchev–Trinajstić information content (AvgIpc) is 2.39. The summed E-state index contributed by atoms with van der Waals surface area (Å²) in [6.45, 7) is 7.64. The first-order chi connectivity index (χ1) is 9.13. The van der Waals surface area contributed by atoms with Gasteiger partial charge in [-0.2, -0.15) is 0 Å². The highest BCUT2D eigenvalue weighted by Crippen LogP contribution is 2.11. The third-order valence-electron chi connectivity index (χ3n) is 2.68. The Bertz CT molecular complexity index is 418. The quantitative estimate of drug-likeness (QED) is 0.571. The number of nitrogens with one attached hydrogen (secondary N) is 1. The fourth-order valence-electron chi connectivity index (χ4n) is 1.55. The van der Waals surface area contributed by atoms with E-state index in [1.807, 2.05) is 31.2 Å². The Labute approximate surface area is 115 Å². The highest BCUT2D eigenvalue weighted by Gasteiger charge is 2.07. The maximum Gasteiger partial charge on any atom is 0.236 e. The van der Waals surface area contributed by atoms with Crippen LogP contribution in [0.15, 0.2) is 36.9 Å². The highest BCUT2D eigenvalue weighted by molar-refractivity contribution is 5.77. The van der Waals surface area contributed by atoms with E-state index in [4.69, 9.17) is 4.74 Å². The van der Waals surface area contributed by atoms with Gasteiger partial charge < -0.3 is 15.0 Å². The lowest BCUT2D eigenvalue weighted by molar-refractivity contribution is -0.129. The largest absolute Gasteiger partial charge is 0.492 e. The number of nitrogens with zero attached hydrogens (tertiary/aromatic N) is 1. The SMILES string of the molecule is C=CCNCC(=O)N(C)CCOc1cccc(C)c1. The summed E-state index contributed by atoms with van der Waals surface area (Å²) in [5.74, 6) is 0.889. The molecule has 0 aliphatic carbocycles. The second kappa shape index (κ2) is 8.32. The van der Waals surface area contributed by atoms with Crippen LogP contribution < -0.4 is 10.1 Å². The summed E-state index contributed by atoms with van der Waals surface area (Å²) in [6.07, 6.45) is 1.73. The van der Waals surface area contributed by atoms with Crippen molar-refractivity contribution >= 4 is 5.91 Å². The van der Waals surface area contributed by atoms with Crippen molar-refractivity contribution in [2.24, 2.45) is 0 Å². The summed E-state index contributed by atoms with van der Waals surface area (Å²) >= 11 is 0. The zero-order valence-corrected chi connectivity index (χ0v) is 11.7. The van der Waals surface area contributed by atoms with Gasteiger partial charge in [0.15, 0.2) is 0 Å². The van der Waals surface area contributed by atoms with Gasteiger partial charge in [0.05, 0.1) is 13.1 Å². The summed E-state index contributed by atoms with van der Waals surface area (Å²) in [6, 6.07) is 7.88. The minimum Gasteiger partial charge on any atom is -0.492 e. The second-order valence-electron chi connectivity index (χ2n) is 4.40. The standard InChI is InChI=1S/C15H22N2O2/c1-4-8-16-12-15(18)17(3)9-10-19-14-7-5-6-13(2)11-14/h4-7,11,16H,1,8-10,12H2,2-3H3. The molecule has 104 valence electrons. The molecule has 0 aliphatic rings. The van der Waals surface area contributed by atoms with Crippen LogP contribution in [-0.4, -0.2) is 44.1 Å². The average molecular weight is 262 g/mol. The number of carbonyl (C=O) groups excluding carboxylic acids is 1. The predicted octanol–water partition coefficient (Wildman–Crippen LogP) is 1.61. The van der Waals surface area contributed by atoms with Crippen molar-refractivity contribution in [2.75, 3.05) is 33.3 Å². The van der Waals surface area contributed by atoms with E-state index < -0.39 is 0 Å². The number of rotatable bonds is 8. The number of likely N-dealkylation sites (N-methyl/N-ethyl adjacent to an activating group) is 1. The van der Waals surface area contributed by atoms with E-state index >= 15 is 0 Å². The van der Waals surface area contributed by atoms with E-state index in [1.54, 1.807) is 18.0 Å². The molecule has 19 heavy (non-hydrogen) atoms. The van der Waals surface area contributed by atoms with Crippen molar-refractivity contribution in [2.45, 2.75) is 6.92 Å². The van der Waals surface area contributed by atoms with Crippen LogP contribution in [0.25, 0.3) is 0 Å². The normalized spacial score (nSPS) is 10.0. The molecule has 1 aromatic carbocycles. The summed E-state index contributed by atoms with van der Waals surface area (Å²) in [5, 5.41) is 2.98. The Hall–Kier alpha value is -1.81. The maximum atomic E-state index is 11.7. The fourth-order valence-corrected chi connectivity index (χ4v) is 1.55. The van der Waals surface area contributed by atoms with Crippen molar-refractivity contribution < 1.29 is 9.53 Å². The van der Waals surface area contributed by atoms with Crippen LogP contribution in [0, 0.1) is 6.92 Å². The molecule has 1 rings (SSSR count). The number of benzene rings is 1. The minimum absolute atomic E-state index is 0.0506. The lowest BCUT2D eigenvalue weighted by atomic mass is 10.2. The molecule has 0 saturated heterocycles. The Morgan fingerprint density at radius 2 is 2.32 bits per heavy atom. The van der Waals surface area contributed by atoms with Gasteiger partial charge in [0.1, 0.15) is 12.4 Å². The lowest BCUT2D eigenvalue weighted by Gasteiger charge is -2.17. The topological polar surface area (TPSA) is 41.6 Å². The van der Waals surface area contributed by atoms with Gasteiger partial charge in [-0.25, -0.2) is 0 Å². The van der Waals surface area contributed by atoms with Gasteiger partial charge in [0.25, 0.3) is 0 Å². The first kappa shape index (κ1) is 15.2. The molecule has 0 atom stereocenters. The van der Waals surface area contributed by atoms with Crippen LogP contribution >= 0.6 is 0 Å². The van der Waals surface area contributed by atoms with E-state index in [0.717, 1.165) is 11.3 Å². The van der Waals surface area contributed by atoms with Crippen LogP contribution in [0.4, 0.5) is 0 Å². The van der Waals surface area contributed by atoms with Crippen molar-refractivity contribution in [3.8, 4) is 5.75 Å². The Kier molecular flexibility index (Phi) is 6.68. The molecule has 4 nitrogen and oxygen atoms in total. The van der Waals surface area contributed by atoms with Crippen molar-refractivity contribution in [1.82, 2.24) is 10.2 Å². The molecular weight excluding hydrogens is 240 g/mol. The zero-order chi connectivity index (χ0) is 14.1. The number of aryl methyl sites for hydroxylation is 1. The molecule has 0 fully saturated rings. The monoisotopic (exact) mass is 262 g/mol. The predicted molar refractivity (Wildman–Crippen MR) is 77.4 cm³/mol. The van der Waals surface area contributed by atoms with E-state index in [9.17, 15) is 4.79 Å². The van der Waals surface area contributed by atoms with Gasteiger partial charge in [-0.05, 0) is 24.6 Å².